The summed E-state index contributed by atoms with van der Waals surface area (Å²) in [7, 11) is 0. The van der Waals surface area contributed by atoms with Crippen molar-refractivity contribution in [2.75, 3.05) is 0 Å². The second kappa shape index (κ2) is 16.2. The Kier molecular flexibility index (Phi) is 13.2. The first-order valence-electron chi connectivity index (χ1n) is 17.4. The summed E-state index contributed by atoms with van der Waals surface area (Å²) in [5, 5.41) is 7.10. The maximum absolute atomic E-state index is 5.98. The number of fused-ring (bicyclic) bond motifs is 5. The van der Waals surface area contributed by atoms with Gasteiger partial charge in [-0.05, 0) is 36.1 Å². The topological polar surface area (TPSA) is 0 Å². The van der Waals surface area contributed by atoms with Gasteiger partial charge in [0.05, 0.1) is 0 Å². The molecule has 0 N–H and O–H groups in total. The average Bonchev–Trinajstić information content (AvgIpc) is 3.80. The van der Waals surface area contributed by atoms with E-state index in [0.717, 1.165) is 27.6 Å². The van der Waals surface area contributed by atoms with Crippen molar-refractivity contribution in [2.24, 2.45) is 5.41 Å². The Morgan fingerprint density at radius 3 is 1.50 bits per heavy atom. The quantitative estimate of drug-likeness (QED) is 0.159. The Bertz CT molecular complexity index is 2140. The summed E-state index contributed by atoms with van der Waals surface area (Å²) in [5.74, 6) is 0. The monoisotopic (exact) mass is 840 g/mol. The maximum Gasteiger partial charge on any atom is -1.00 e. The first kappa shape index (κ1) is 42.4. The molecule has 0 amide bonds. The van der Waals surface area contributed by atoms with Crippen LogP contribution in [0.5, 0.6) is 0 Å². The predicted molar refractivity (Wildman–Crippen MR) is 216 cm³/mol. The molecule has 8 rings (SSSR count). The average molecular weight is 844 g/mol. The van der Waals surface area contributed by atoms with Gasteiger partial charge in [-0.25, -0.2) is 6.08 Å². The second-order valence-corrected chi connectivity index (χ2v) is 18.2. The Morgan fingerprint density at radius 1 is 0.712 bits per heavy atom. The van der Waals surface area contributed by atoms with Crippen LogP contribution in [0.25, 0.3) is 32.7 Å². The molecular formula is C47H46Cl4Zr-2. The van der Waals surface area contributed by atoms with Crippen LogP contribution in [0, 0.1) is 11.5 Å². The summed E-state index contributed by atoms with van der Waals surface area (Å²) in [5.41, 5.74) is 13.0. The molecule has 0 aliphatic heterocycles. The Balaban J connectivity index is 0.000000193. The van der Waals surface area contributed by atoms with Gasteiger partial charge in [0.1, 0.15) is 0 Å². The van der Waals surface area contributed by atoms with Gasteiger partial charge in [0.2, 0.25) is 0 Å². The third-order valence-electron chi connectivity index (χ3n) is 10.2. The molecule has 0 fully saturated rings. The fourth-order valence-electron chi connectivity index (χ4n) is 7.59. The van der Waals surface area contributed by atoms with Gasteiger partial charge in [-0.2, -0.15) is 11.6 Å². The SMILES string of the molecule is CC(C)(C)C1=CC[C-]=C1.CC1=CC(C)(C)c2cc3[cH-]c4cc5c(cc4c3cc21)C(C)=CC5(C)C.Clc1cccc([C](=[Zr+2])c2cccc(Cl)c2)c1.[Cl-].[Cl-]. The minimum atomic E-state index is 0. The number of benzene rings is 4. The Labute approximate surface area is 348 Å². The summed E-state index contributed by atoms with van der Waals surface area (Å²) in [6, 6.07) is 27.9. The number of rotatable bonds is 2. The normalized spacial score (nSPS) is 15.9. The molecule has 5 aromatic carbocycles. The summed E-state index contributed by atoms with van der Waals surface area (Å²) in [4.78, 5) is 0. The molecule has 0 atom stereocenters. The van der Waals surface area contributed by atoms with E-state index in [0.29, 0.717) is 5.41 Å². The van der Waals surface area contributed by atoms with E-state index in [1.807, 2.05) is 36.4 Å². The van der Waals surface area contributed by atoms with Crippen molar-refractivity contribution >= 4 is 59.1 Å². The van der Waals surface area contributed by atoms with E-state index in [4.69, 9.17) is 23.2 Å². The molecule has 5 heteroatoms. The van der Waals surface area contributed by atoms with Gasteiger partial charge in [-0.1, -0.05) is 89.3 Å². The molecule has 0 nitrogen and oxygen atoms in total. The zero-order chi connectivity index (χ0) is 36.2. The minimum absolute atomic E-state index is 0. The Hall–Kier alpha value is -2.38. The zero-order valence-electron chi connectivity index (χ0n) is 31.5. The van der Waals surface area contributed by atoms with E-state index >= 15 is 0 Å². The molecule has 0 unspecified atom stereocenters. The molecule has 5 aromatic rings. The van der Waals surface area contributed by atoms with Gasteiger partial charge in [0.25, 0.3) is 0 Å². The van der Waals surface area contributed by atoms with E-state index in [2.05, 4.69) is 135 Å². The second-order valence-electron chi connectivity index (χ2n) is 16.1. The fraction of sp³-hybridized carbons (Fsp3) is 0.277. The summed E-state index contributed by atoms with van der Waals surface area (Å²) >= 11 is 13.3. The third kappa shape index (κ3) is 8.77. The molecule has 268 valence electrons. The van der Waals surface area contributed by atoms with Crippen LogP contribution >= 0.6 is 23.2 Å². The minimum Gasteiger partial charge on any atom is -1.00 e. The van der Waals surface area contributed by atoms with E-state index < -0.39 is 0 Å². The number of allylic oxidation sites excluding steroid dienone is 8. The van der Waals surface area contributed by atoms with Crippen LogP contribution in [0.4, 0.5) is 0 Å². The van der Waals surface area contributed by atoms with Crippen LogP contribution in [0.15, 0.2) is 109 Å². The predicted octanol–water partition coefficient (Wildman–Crippen LogP) is 7.94. The molecule has 0 saturated carbocycles. The summed E-state index contributed by atoms with van der Waals surface area (Å²) in [6.45, 7) is 20.5. The van der Waals surface area contributed by atoms with E-state index in [1.54, 1.807) is 0 Å². The van der Waals surface area contributed by atoms with Crippen molar-refractivity contribution in [1.29, 1.82) is 0 Å². The van der Waals surface area contributed by atoms with Gasteiger partial charge >= 0.3 is 120 Å². The van der Waals surface area contributed by atoms with Gasteiger partial charge in [-0.15, -0.1) is 46.2 Å². The molecule has 52 heavy (non-hydrogen) atoms. The van der Waals surface area contributed by atoms with Gasteiger partial charge in [-0.3, -0.25) is 6.08 Å². The largest absolute Gasteiger partial charge is 1.00 e. The van der Waals surface area contributed by atoms with Crippen molar-refractivity contribution in [3.05, 3.63) is 158 Å². The van der Waals surface area contributed by atoms with Gasteiger partial charge in [0, 0.05) is 10.8 Å². The number of hydrogen-bond acceptors (Lipinski definition) is 0. The number of halogens is 4. The molecule has 3 aliphatic rings. The van der Waals surface area contributed by atoms with Gasteiger partial charge in [0.15, 0.2) is 0 Å². The van der Waals surface area contributed by atoms with Crippen molar-refractivity contribution in [1.82, 2.24) is 0 Å². The van der Waals surface area contributed by atoms with E-state index in [-0.39, 0.29) is 35.6 Å². The smallest absolute Gasteiger partial charge is 1.00 e. The molecule has 3 aliphatic carbocycles. The maximum atomic E-state index is 5.98. The third-order valence-corrected chi connectivity index (χ3v) is 12.1. The zero-order valence-corrected chi connectivity index (χ0v) is 37.0. The van der Waals surface area contributed by atoms with Crippen LogP contribution in [-0.4, -0.2) is 3.21 Å². The van der Waals surface area contributed by atoms with Crippen molar-refractivity contribution < 1.29 is 49.0 Å². The summed E-state index contributed by atoms with van der Waals surface area (Å²) in [6.07, 6.45) is 13.3. The molecule has 0 radical (unpaired) electrons. The molecule has 0 heterocycles. The molecular weight excluding hydrogens is 798 g/mol. The van der Waals surface area contributed by atoms with Crippen LogP contribution in [0.2, 0.25) is 10.0 Å². The molecule has 0 spiro atoms. The first-order valence-corrected chi connectivity index (χ1v) is 19.4. The van der Waals surface area contributed by atoms with E-state index in [1.165, 1.54) is 88.0 Å². The van der Waals surface area contributed by atoms with Crippen molar-refractivity contribution in [2.45, 2.75) is 79.6 Å². The van der Waals surface area contributed by atoms with Crippen LogP contribution < -0.4 is 24.8 Å². The Morgan fingerprint density at radius 2 is 1.15 bits per heavy atom. The molecule has 0 aromatic heterocycles. The van der Waals surface area contributed by atoms with Crippen molar-refractivity contribution in [3.8, 4) is 0 Å². The fourth-order valence-corrected chi connectivity index (χ4v) is 8.74. The van der Waals surface area contributed by atoms with Crippen LogP contribution in [-0.2, 0) is 35.1 Å². The van der Waals surface area contributed by atoms with Crippen molar-refractivity contribution in [3.63, 3.8) is 0 Å². The summed E-state index contributed by atoms with van der Waals surface area (Å²) < 4.78 is 1.26. The standard InChI is InChI=1S/C25H25.C13H8Cl2.C9H13.2ClH.Zr/c1-14-12-24(3,4)22-8-16-7-17-9-23-19(15(2)13-25(23,5)6)11-21(17)20(16)10-18(14)22;14-12-5-1-3-10(8-12)7-11-4-2-6-13(15)9-11;1-9(2,3)8-6-4-5-7-8;;;/h7-13H,1-6H3;1-6,8-9H;6-7H,4H2,1-3H3;2*1H;/q-1;;-1;;;+2/p-2. The first-order chi connectivity index (χ1) is 23.4. The van der Waals surface area contributed by atoms with E-state index in [9.17, 15) is 0 Å². The van der Waals surface area contributed by atoms with Gasteiger partial charge < -0.3 is 24.8 Å². The molecule has 0 bridgehead atoms. The number of hydrogen-bond donors (Lipinski definition) is 0. The van der Waals surface area contributed by atoms with Crippen LogP contribution in [0.3, 0.4) is 0 Å². The molecule has 0 saturated heterocycles. The van der Waals surface area contributed by atoms with Crippen LogP contribution in [0.1, 0.15) is 102 Å².